The first-order valence-electron chi connectivity index (χ1n) is 5.62. The molecule has 0 unspecified atom stereocenters. The van der Waals surface area contributed by atoms with Crippen LogP contribution >= 0.6 is 0 Å². The molecule has 2 N–H and O–H groups in total. The summed E-state index contributed by atoms with van der Waals surface area (Å²) in [6.07, 6.45) is 1.40. The zero-order valence-corrected chi connectivity index (χ0v) is 9.98. The standard InChI is InChI=1S/C15H12O4/c16-12-8-6-11(7-9-12)10-14(15(17)18)19-13-4-2-1-3-5-13/h1-10,16H,(H,17,18). The molecule has 0 bridgehead atoms. The van der Waals surface area contributed by atoms with Gasteiger partial charge < -0.3 is 14.9 Å². The third kappa shape index (κ3) is 3.61. The summed E-state index contributed by atoms with van der Waals surface area (Å²) < 4.78 is 5.31. The summed E-state index contributed by atoms with van der Waals surface area (Å²) in [5, 5.41) is 18.3. The molecule has 2 aromatic carbocycles. The van der Waals surface area contributed by atoms with Crippen LogP contribution in [-0.4, -0.2) is 16.2 Å². The summed E-state index contributed by atoms with van der Waals surface area (Å²) in [6.45, 7) is 0. The number of para-hydroxylation sites is 1. The molecule has 0 spiro atoms. The number of rotatable bonds is 4. The van der Waals surface area contributed by atoms with Gasteiger partial charge in [-0.3, -0.25) is 0 Å². The molecule has 19 heavy (non-hydrogen) atoms. The van der Waals surface area contributed by atoms with E-state index in [1.165, 1.54) is 18.2 Å². The Bertz CT molecular complexity index is 585. The summed E-state index contributed by atoms with van der Waals surface area (Å²) in [4.78, 5) is 11.1. The molecular weight excluding hydrogens is 244 g/mol. The fourth-order valence-corrected chi connectivity index (χ4v) is 1.47. The Hall–Kier alpha value is -2.75. The highest BCUT2D eigenvalue weighted by Crippen LogP contribution is 2.17. The van der Waals surface area contributed by atoms with Gasteiger partial charge >= 0.3 is 5.97 Å². The van der Waals surface area contributed by atoms with Gasteiger partial charge in [0, 0.05) is 0 Å². The molecule has 0 atom stereocenters. The van der Waals surface area contributed by atoms with Gasteiger partial charge in [0.1, 0.15) is 11.5 Å². The minimum absolute atomic E-state index is 0.123. The van der Waals surface area contributed by atoms with Crippen molar-refractivity contribution >= 4 is 12.0 Å². The van der Waals surface area contributed by atoms with E-state index in [-0.39, 0.29) is 11.5 Å². The van der Waals surface area contributed by atoms with Crippen LogP contribution in [0.15, 0.2) is 60.4 Å². The Morgan fingerprint density at radius 2 is 1.63 bits per heavy atom. The van der Waals surface area contributed by atoms with Gasteiger partial charge in [-0.2, -0.15) is 0 Å². The number of ether oxygens (including phenoxy) is 1. The number of aromatic hydroxyl groups is 1. The van der Waals surface area contributed by atoms with Crippen LogP contribution in [0.1, 0.15) is 5.56 Å². The van der Waals surface area contributed by atoms with Crippen molar-refractivity contribution < 1.29 is 19.7 Å². The van der Waals surface area contributed by atoms with E-state index in [1.54, 1.807) is 36.4 Å². The molecular formula is C15H12O4. The average molecular weight is 256 g/mol. The number of phenolic OH excluding ortho intramolecular Hbond substituents is 1. The monoisotopic (exact) mass is 256 g/mol. The lowest BCUT2D eigenvalue weighted by atomic mass is 10.2. The second kappa shape index (κ2) is 5.73. The van der Waals surface area contributed by atoms with E-state index >= 15 is 0 Å². The molecule has 96 valence electrons. The molecule has 0 aliphatic carbocycles. The lowest BCUT2D eigenvalue weighted by Gasteiger charge is -2.06. The van der Waals surface area contributed by atoms with Gasteiger partial charge in [-0.05, 0) is 35.9 Å². The van der Waals surface area contributed by atoms with Crippen LogP contribution in [0.4, 0.5) is 0 Å². The van der Waals surface area contributed by atoms with Crippen molar-refractivity contribution in [1.29, 1.82) is 0 Å². The quantitative estimate of drug-likeness (QED) is 0.652. The third-order valence-electron chi connectivity index (χ3n) is 2.37. The third-order valence-corrected chi connectivity index (χ3v) is 2.37. The van der Waals surface area contributed by atoms with Crippen molar-refractivity contribution in [1.82, 2.24) is 0 Å². The molecule has 4 nitrogen and oxygen atoms in total. The fourth-order valence-electron chi connectivity index (χ4n) is 1.47. The summed E-state index contributed by atoms with van der Waals surface area (Å²) in [5.74, 6) is -0.762. The van der Waals surface area contributed by atoms with Gasteiger partial charge in [-0.1, -0.05) is 30.3 Å². The van der Waals surface area contributed by atoms with Crippen LogP contribution in [0.25, 0.3) is 6.08 Å². The van der Waals surface area contributed by atoms with Crippen molar-refractivity contribution in [2.24, 2.45) is 0 Å². The molecule has 0 aromatic heterocycles. The van der Waals surface area contributed by atoms with E-state index in [2.05, 4.69) is 0 Å². The Kier molecular flexibility index (Phi) is 3.83. The molecule has 2 rings (SSSR count). The Morgan fingerprint density at radius 3 is 2.21 bits per heavy atom. The second-order valence-corrected chi connectivity index (χ2v) is 3.82. The molecule has 0 amide bonds. The fraction of sp³-hybridized carbons (Fsp3) is 0. The van der Waals surface area contributed by atoms with Crippen molar-refractivity contribution in [3.8, 4) is 11.5 Å². The predicted molar refractivity (Wildman–Crippen MR) is 70.8 cm³/mol. The molecule has 0 fully saturated rings. The van der Waals surface area contributed by atoms with E-state index in [0.717, 1.165) is 0 Å². The minimum Gasteiger partial charge on any atom is -0.508 e. The smallest absolute Gasteiger partial charge is 0.371 e. The van der Waals surface area contributed by atoms with Crippen molar-refractivity contribution in [3.05, 3.63) is 65.9 Å². The summed E-state index contributed by atoms with van der Waals surface area (Å²) >= 11 is 0. The van der Waals surface area contributed by atoms with E-state index < -0.39 is 5.97 Å². The Labute approximate surface area is 110 Å². The van der Waals surface area contributed by atoms with E-state index in [9.17, 15) is 4.79 Å². The van der Waals surface area contributed by atoms with E-state index in [4.69, 9.17) is 14.9 Å². The molecule has 0 saturated carbocycles. The zero-order valence-electron chi connectivity index (χ0n) is 9.98. The first kappa shape index (κ1) is 12.7. The highest BCUT2D eigenvalue weighted by Gasteiger charge is 2.10. The lowest BCUT2D eigenvalue weighted by Crippen LogP contribution is -2.07. The van der Waals surface area contributed by atoms with Crippen LogP contribution in [0.3, 0.4) is 0 Å². The number of benzene rings is 2. The maximum Gasteiger partial charge on any atom is 0.371 e. The minimum atomic E-state index is -1.16. The van der Waals surface area contributed by atoms with Crippen molar-refractivity contribution in [2.75, 3.05) is 0 Å². The second-order valence-electron chi connectivity index (χ2n) is 3.82. The summed E-state index contributed by atoms with van der Waals surface area (Å²) in [5.41, 5.74) is 0.631. The van der Waals surface area contributed by atoms with Crippen LogP contribution in [0.5, 0.6) is 11.5 Å². The van der Waals surface area contributed by atoms with Crippen molar-refractivity contribution in [2.45, 2.75) is 0 Å². The van der Waals surface area contributed by atoms with Gasteiger partial charge in [0.05, 0.1) is 0 Å². The topological polar surface area (TPSA) is 66.8 Å². The van der Waals surface area contributed by atoms with E-state index in [0.29, 0.717) is 11.3 Å². The van der Waals surface area contributed by atoms with Crippen LogP contribution in [-0.2, 0) is 4.79 Å². The molecule has 0 saturated heterocycles. The molecule has 0 aliphatic heterocycles. The van der Waals surface area contributed by atoms with Gasteiger partial charge in [0.25, 0.3) is 0 Å². The number of phenols is 1. The first-order valence-corrected chi connectivity index (χ1v) is 5.62. The number of hydrogen-bond donors (Lipinski definition) is 2. The Morgan fingerprint density at radius 1 is 1.00 bits per heavy atom. The molecule has 0 heterocycles. The highest BCUT2D eigenvalue weighted by molar-refractivity contribution is 5.90. The van der Waals surface area contributed by atoms with Crippen LogP contribution in [0, 0.1) is 0 Å². The normalized spacial score (nSPS) is 11.1. The van der Waals surface area contributed by atoms with Gasteiger partial charge in [0.15, 0.2) is 0 Å². The van der Waals surface area contributed by atoms with Crippen LogP contribution < -0.4 is 4.74 Å². The van der Waals surface area contributed by atoms with Crippen LogP contribution in [0.2, 0.25) is 0 Å². The Balaban J connectivity index is 2.25. The maximum absolute atomic E-state index is 11.1. The summed E-state index contributed by atoms with van der Waals surface area (Å²) in [7, 11) is 0. The van der Waals surface area contributed by atoms with Gasteiger partial charge in [-0.15, -0.1) is 0 Å². The number of carbonyl (C=O) groups is 1. The van der Waals surface area contributed by atoms with E-state index in [1.807, 2.05) is 6.07 Å². The summed E-state index contributed by atoms with van der Waals surface area (Å²) in [6, 6.07) is 14.9. The number of carboxylic acids is 1. The molecule has 2 aromatic rings. The average Bonchev–Trinajstić information content (AvgIpc) is 2.41. The molecule has 0 aliphatic rings. The highest BCUT2D eigenvalue weighted by atomic mass is 16.5. The maximum atomic E-state index is 11.1. The SMILES string of the molecule is O=C(O)C(=Cc1ccc(O)cc1)Oc1ccccc1. The number of hydrogen-bond acceptors (Lipinski definition) is 3. The van der Waals surface area contributed by atoms with Crippen molar-refractivity contribution in [3.63, 3.8) is 0 Å². The number of aliphatic carboxylic acids is 1. The number of carboxylic acid groups (broad SMARTS) is 1. The predicted octanol–water partition coefficient (Wildman–Crippen LogP) is 2.90. The molecule has 0 radical (unpaired) electrons. The van der Waals surface area contributed by atoms with Gasteiger partial charge in [0.2, 0.25) is 5.76 Å². The molecule has 4 heteroatoms. The zero-order chi connectivity index (χ0) is 13.7. The lowest BCUT2D eigenvalue weighted by molar-refractivity contribution is -0.134. The first-order chi connectivity index (χ1) is 9.15. The van der Waals surface area contributed by atoms with Gasteiger partial charge in [-0.25, -0.2) is 4.79 Å². The largest absolute Gasteiger partial charge is 0.508 e.